The Morgan fingerprint density at radius 3 is 2.71 bits per heavy atom. The maximum absolute atomic E-state index is 6.19. The lowest BCUT2D eigenvalue weighted by molar-refractivity contribution is 0.232. The number of aromatic nitrogens is 2. The first-order valence-electron chi connectivity index (χ1n) is 7.82. The molecule has 1 aromatic heterocycles. The van der Waals surface area contributed by atoms with Crippen molar-refractivity contribution < 1.29 is 4.74 Å². The van der Waals surface area contributed by atoms with Crippen LogP contribution in [0.1, 0.15) is 34.1 Å². The Balaban J connectivity index is 2.13. The molecular weight excluding hydrogens is 266 g/mol. The van der Waals surface area contributed by atoms with Crippen LogP contribution < -0.4 is 15.4 Å². The third kappa shape index (κ3) is 3.56. The highest BCUT2D eigenvalue weighted by molar-refractivity contribution is 5.68. The van der Waals surface area contributed by atoms with Crippen LogP contribution >= 0.6 is 0 Å². The van der Waals surface area contributed by atoms with Crippen molar-refractivity contribution in [2.24, 2.45) is 0 Å². The number of ether oxygens (including phenoxy) is 1. The second-order valence-corrected chi connectivity index (χ2v) is 5.69. The molecule has 1 atom stereocenters. The number of nitrogen functional groups attached to an aromatic ring is 1. The van der Waals surface area contributed by atoms with Crippen molar-refractivity contribution in [1.82, 2.24) is 14.9 Å². The van der Waals surface area contributed by atoms with Gasteiger partial charge in [-0.15, -0.1) is 0 Å². The second kappa shape index (κ2) is 6.93. The van der Waals surface area contributed by atoms with E-state index in [1.165, 1.54) is 6.33 Å². The first-order chi connectivity index (χ1) is 10.1. The summed E-state index contributed by atoms with van der Waals surface area (Å²) in [4.78, 5) is 13.2. The summed E-state index contributed by atoms with van der Waals surface area (Å²) in [5.74, 6) is 1.29. The molecule has 0 radical (unpaired) electrons. The lowest BCUT2D eigenvalue weighted by Crippen LogP contribution is -2.37. The molecule has 0 aromatic carbocycles. The van der Waals surface area contributed by atoms with Gasteiger partial charge in [-0.2, -0.15) is 4.98 Å². The third-order valence-electron chi connectivity index (χ3n) is 3.97. The molecule has 6 heteroatoms. The van der Waals surface area contributed by atoms with Gasteiger partial charge in [0.25, 0.3) is 0 Å². The molecule has 21 heavy (non-hydrogen) atoms. The number of hydrogen-bond donors (Lipinski definition) is 1. The molecule has 1 aromatic rings. The van der Waals surface area contributed by atoms with Crippen LogP contribution in [0, 0.1) is 0 Å². The van der Waals surface area contributed by atoms with Crippen molar-refractivity contribution in [3.8, 4) is 5.88 Å². The van der Waals surface area contributed by atoms with Crippen molar-refractivity contribution in [1.29, 1.82) is 0 Å². The number of rotatable bonds is 6. The molecule has 1 aliphatic heterocycles. The summed E-state index contributed by atoms with van der Waals surface area (Å²) in [6.45, 7) is 12.4. The Hall–Kier alpha value is -1.56. The van der Waals surface area contributed by atoms with Crippen LogP contribution in [0.5, 0.6) is 5.88 Å². The van der Waals surface area contributed by atoms with E-state index in [1.807, 2.05) is 13.8 Å². The highest BCUT2D eigenvalue weighted by Gasteiger charge is 2.28. The van der Waals surface area contributed by atoms with Crippen LogP contribution in [0.15, 0.2) is 6.33 Å². The summed E-state index contributed by atoms with van der Waals surface area (Å²) in [6, 6.07) is 0.573. The van der Waals surface area contributed by atoms with Crippen LogP contribution in [0.3, 0.4) is 0 Å². The minimum absolute atomic E-state index is 0.0528. The predicted octanol–water partition coefficient (Wildman–Crippen LogP) is 1.77. The Kier molecular flexibility index (Phi) is 5.22. The van der Waals surface area contributed by atoms with Crippen molar-refractivity contribution in [2.75, 3.05) is 36.8 Å². The van der Waals surface area contributed by atoms with E-state index in [2.05, 4.69) is 33.6 Å². The Bertz CT molecular complexity index is 461. The highest BCUT2D eigenvalue weighted by Crippen LogP contribution is 2.31. The summed E-state index contributed by atoms with van der Waals surface area (Å²) in [5.41, 5.74) is 6.74. The molecular formula is C15H27N5O. The summed E-state index contributed by atoms with van der Waals surface area (Å²) < 4.78 is 5.65. The fraction of sp³-hybridized carbons (Fsp3) is 0.733. The standard InChI is InChI=1S/C15H27N5O/c1-5-19(6-2)12-7-8-20(9-12)14-13(16)15(18-10-17-14)21-11(3)4/h10-12H,5-9,16H2,1-4H3. The van der Waals surface area contributed by atoms with Crippen molar-refractivity contribution in [3.63, 3.8) is 0 Å². The van der Waals surface area contributed by atoms with E-state index < -0.39 is 0 Å². The molecule has 0 amide bonds. The van der Waals surface area contributed by atoms with E-state index in [9.17, 15) is 0 Å². The van der Waals surface area contributed by atoms with Crippen molar-refractivity contribution in [2.45, 2.75) is 46.3 Å². The van der Waals surface area contributed by atoms with Crippen molar-refractivity contribution in [3.05, 3.63) is 6.33 Å². The molecule has 0 aliphatic carbocycles. The first kappa shape index (κ1) is 15.8. The fourth-order valence-electron chi connectivity index (χ4n) is 2.91. The van der Waals surface area contributed by atoms with Crippen LogP contribution in [-0.4, -0.2) is 53.2 Å². The number of anilines is 2. The smallest absolute Gasteiger partial charge is 0.242 e. The van der Waals surface area contributed by atoms with Crippen LogP contribution in [-0.2, 0) is 0 Å². The number of nitrogens with two attached hydrogens (primary N) is 1. The minimum atomic E-state index is 0.0528. The molecule has 1 unspecified atom stereocenters. The molecule has 1 saturated heterocycles. The number of hydrogen-bond acceptors (Lipinski definition) is 6. The molecule has 2 heterocycles. The van der Waals surface area contributed by atoms with Gasteiger partial charge in [0.15, 0.2) is 5.82 Å². The van der Waals surface area contributed by atoms with Gasteiger partial charge in [-0.3, -0.25) is 4.90 Å². The fourth-order valence-corrected chi connectivity index (χ4v) is 2.91. The van der Waals surface area contributed by atoms with Gasteiger partial charge in [0.05, 0.1) is 6.10 Å². The van der Waals surface area contributed by atoms with E-state index >= 15 is 0 Å². The zero-order valence-corrected chi connectivity index (χ0v) is 13.5. The van der Waals surface area contributed by atoms with E-state index in [0.29, 0.717) is 17.6 Å². The van der Waals surface area contributed by atoms with E-state index in [1.54, 1.807) is 0 Å². The zero-order valence-electron chi connectivity index (χ0n) is 13.5. The Morgan fingerprint density at radius 2 is 2.10 bits per heavy atom. The summed E-state index contributed by atoms with van der Waals surface area (Å²) in [7, 11) is 0. The quantitative estimate of drug-likeness (QED) is 0.862. The Morgan fingerprint density at radius 1 is 1.38 bits per heavy atom. The lowest BCUT2D eigenvalue weighted by Gasteiger charge is -2.26. The molecule has 1 fully saturated rings. The van der Waals surface area contributed by atoms with Crippen LogP contribution in [0.4, 0.5) is 11.5 Å². The van der Waals surface area contributed by atoms with Gasteiger partial charge >= 0.3 is 0 Å². The van der Waals surface area contributed by atoms with E-state index in [0.717, 1.165) is 38.4 Å². The summed E-state index contributed by atoms with van der Waals surface area (Å²) in [5, 5.41) is 0. The molecule has 118 valence electrons. The normalized spacial score (nSPS) is 18.8. The average molecular weight is 293 g/mol. The minimum Gasteiger partial charge on any atom is -0.473 e. The first-order valence-corrected chi connectivity index (χ1v) is 7.82. The number of likely N-dealkylation sites (N-methyl/N-ethyl adjacent to an activating group) is 1. The zero-order chi connectivity index (χ0) is 15.4. The SMILES string of the molecule is CCN(CC)C1CCN(c2ncnc(OC(C)C)c2N)C1. The lowest BCUT2D eigenvalue weighted by atomic mass is 10.2. The number of nitrogens with zero attached hydrogens (tertiary/aromatic N) is 4. The maximum atomic E-state index is 6.19. The van der Waals surface area contributed by atoms with Gasteiger partial charge in [-0.25, -0.2) is 4.98 Å². The van der Waals surface area contributed by atoms with Gasteiger partial charge in [0.2, 0.25) is 5.88 Å². The molecule has 6 nitrogen and oxygen atoms in total. The van der Waals surface area contributed by atoms with E-state index in [-0.39, 0.29) is 6.10 Å². The maximum Gasteiger partial charge on any atom is 0.242 e. The summed E-state index contributed by atoms with van der Waals surface area (Å²) >= 11 is 0. The molecule has 0 saturated carbocycles. The van der Waals surface area contributed by atoms with Crippen LogP contribution in [0.25, 0.3) is 0 Å². The van der Waals surface area contributed by atoms with Crippen molar-refractivity contribution >= 4 is 11.5 Å². The average Bonchev–Trinajstić information content (AvgIpc) is 2.91. The van der Waals surface area contributed by atoms with Gasteiger partial charge < -0.3 is 15.4 Å². The van der Waals surface area contributed by atoms with Gasteiger partial charge in [-0.05, 0) is 33.4 Å². The largest absolute Gasteiger partial charge is 0.473 e. The summed E-state index contributed by atoms with van der Waals surface area (Å²) in [6.07, 6.45) is 2.73. The molecule has 0 spiro atoms. The monoisotopic (exact) mass is 293 g/mol. The second-order valence-electron chi connectivity index (χ2n) is 5.69. The highest BCUT2D eigenvalue weighted by atomic mass is 16.5. The van der Waals surface area contributed by atoms with E-state index in [4.69, 9.17) is 10.5 Å². The van der Waals surface area contributed by atoms with Gasteiger partial charge in [0, 0.05) is 19.1 Å². The van der Waals surface area contributed by atoms with Crippen LogP contribution in [0.2, 0.25) is 0 Å². The molecule has 1 aliphatic rings. The Labute approximate surface area is 127 Å². The molecule has 0 bridgehead atoms. The molecule has 2 rings (SSSR count). The topological polar surface area (TPSA) is 67.5 Å². The van der Waals surface area contributed by atoms with Gasteiger partial charge in [-0.1, -0.05) is 13.8 Å². The van der Waals surface area contributed by atoms with Gasteiger partial charge in [0.1, 0.15) is 12.0 Å². The third-order valence-corrected chi connectivity index (χ3v) is 3.97. The predicted molar refractivity (Wildman–Crippen MR) is 85.7 cm³/mol. The molecule has 2 N–H and O–H groups in total.